The molecule has 1 aromatic heterocycles. The molecule has 1 N–H and O–H groups in total. The first-order valence-corrected chi connectivity index (χ1v) is 8.57. The molecule has 2 heterocycles. The number of hydrogen-bond donors (Lipinski definition) is 1. The summed E-state index contributed by atoms with van der Waals surface area (Å²) < 4.78 is 5.98. The lowest BCUT2D eigenvalue weighted by Gasteiger charge is -2.35. The quantitative estimate of drug-likeness (QED) is 0.651. The second-order valence-corrected chi connectivity index (χ2v) is 6.21. The van der Waals surface area contributed by atoms with E-state index >= 15 is 0 Å². The number of amides is 1. The smallest absolute Gasteiger partial charge is 0.317 e. The van der Waals surface area contributed by atoms with Gasteiger partial charge in [-0.1, -0.05) is 29.8 Å². The third-order valence-corrected chi connectivity index (χ3v) is 4.61. The zero-order chi connectivity index (χ0) is 17.6. The average Bonchev–Trinajstić information content (AvgIpc) is 2.64. The van der Waals surface area contributed by atoms with E-state index < -0.39 is 5.91 Å². The Hall–Kier alpha value is -2.15. The second-order valence-electron chi connectivity index (χ2n) is 5.81. The molecule has 1 unspecified atom stereocenters. The summed E-state index contributed by atoms with van der Waals surface area (Å²) in [7, 11) is 0. The van der Waals surface area contributed by atoms with Crippen molar-refractivity contribution in [3.8, 4) is 0 Å². The topological polar surface area (TPSA) is 68.5 Å². The van der Waals surface area contributed by atoms with Gasteiger partial charge in [0, 0.05) is 36.8 Å². The molecule has 2 aromatic rings. The Labute approximate surface area is 151 Å². The lowest BCUT2D eigenvalue weighted by atomic mass is 10.0. The van der Waals surface area contributed by atoms with Gasteiger partial charge >= 0.3 is 5.91 Å². The van der Waals surface area contributed by atoms with Crippen molar-refractivity contribution < 1.29 is 14.3 Å². The second kappa shape index (κ2) is 8.29. The fourth-order valence-corrected chi connectivity index (χ4v) is 3.22. The minimum Gasteiger partial charge on any atom is -0.618 e. The van der Waals surface area contributed by atoms with Gasteiger partial charge in [0.05, 0.1) is 19.3 Å². The molecule has 1 aliphatic heterocycles. The highest BCUT2D eigenvalue weighted by atomic mass is 35.5. The molecule has 1 fully saturated rings. The molecule has 0 spiro atoms. The van der Waals surface area contributed by atoms with Crippen molar-refractivity contribution in [3.05, 3.63) is 70.1 Å². The van der Waals surface area contributed by atoms with Crippen molar-refractivity contribution in [2.45, 2.75) is 6.04 Å². The molecular formula is C18H20ClN3O3. The molecule has 0 radical (unpaired) electrons. The number of nitrogens with one attached hydrogen (secondary N) is 1. The zero-order valence-electron chi connectivity index (χ0n) is 13.7. The zero-order valence-corrected chi connectivity index (χ0v) is 14.5. The van der Waals surface area contributed by atoms with E-state index in [2.05, 4.69) is 10.2 Å². The number of nitrogens with zero attached hydrogens (tertiary/aromatic N) is 2. The lowest BCUT2D eigenvalue weighted by Crippen LogP contribution is -2.45. The first-order chi connectivity index (χ1) is 12.2. The lowest BCUT2D eigenvalue weighted by molar-refractivity contribution is -0.607. The number of pyridine rings is 1. The summed E-state index contributed by atoms with van der Waals surface area (Å²) in [6.07, 6.45) is 1.31. The Bertz CT molecular complexity index is 735. The fourth-order valence-electron chi connectivity index (χ4n) is 2.95. The van der Waals surface area contributed by atoms with E-state index in [0.717, 1.165) is 18.7 Å². The molecule has 1 amide bonds. The van der Waals surface area contributed by atoms with Gasteiger partial charge < -0.3 is 15.3 Å². The number of hydrogen-bond acceptors (Lipinski definition) is 4. The van der Waals surface area contributed by atoms with E-state index in [1.807, 2.05) is 24.3 Å². The normalized spacial score (nSPS) is 16.4. The molecule has 0 saturated carbocycles. The van der Waals surface area contributed by atoms with Crippen LogP contribution in [0.15, 0.2) is 48.7 Å². The average molecular weight is 362 g/mol. The Morgan fingerprint density at radius 1 is 1.24 bits per heavy atom. The van der Waals surface area contributed by atoms with Gasteiger partial charge in [0.1, 0.15) is 0 Å². The number of morpholine rings is 1. The van der Waals surface area contributed by atoms with Crippen molar-refractivity contribution in [3.63, 3.8) is 0 Å². The molecule has 1 saturated heterocycles. The Morgan fingerprint density at radius 3 is 2.68 bits per heavy atom. The summed E-state index contributed by atoms with van der Waals surface area (Å²) in [4.78, 5) is 14.6. The molecule has 6 nitrogen and oxygen atoms in total. The fraction of sp³-hybridized carbons (Fsp3) is 0.333. The van der Waals surface area contributed by atoms with E-state index in [4.69, 9.17) is 16.3 Å². The predicted molar refractivity (Wildman–Crippen MR) is 94.3 cm³/mol. The van der Waals surface area contributed by atoms with Crippen molar-refractivity contribution in [1.29, 1.82) is 0 Å². The van der Waals surface area contributed by atoms with Gasteiger partial charge in [0.25, 0.3) is 5.69 Å². The number of carbonyl (C=O) groups excluding carboxylic acids is 1. The molecule has 1 aliphatic rings. The van der Waals surface area contributed by atoms with Gasteiger partial charge in [-0.3, -0.25) is 9.69 Å². The molecule has 132 valence electrons. The number of benzene rings is 1. The van der Waals surface area contributed by atoms with Gasteiger partial charge in [0.15, 0.2) is 6.20 Å². The minimum atomic E-state index is -0.402. The van der Waals surface area contributed by atoms with Crippen molar-refractivity contribution in [2.24, 2.45) is 0 Å². The first-order valence-electron chi connectivity index (χ1n) is 8.19. The van der Waals surface area contributed by atoms with E-state index in [0.29, 0.717) is 29.5 Å². The van der Waals surface area contributed by atoms with Crippen LogP contribution in [0.5, 0.6) is 0 Å². The van der Waals surface area contributed by atoms with Gasteiger partial charge in [-0.05, 0) is 17.7 Å². The standard InChI is InChI=1S/C18H20ClN3O3/c19-15-6-2-1-5-14(15)17(21-9-11-25-12-10-21)13-20-18(23)16-7-3-4-8-22(16)24/h1-8,17H,9-13H2,(H,20,23). The summed E-state index contributed by atoms with van der Waals surface area (Å²) in [6.45, 7) is 3.18. The maximum absolute atomic E-state index is 12.4. The molecule has 1 atom stereocenters. The maximum Gasteiger partial charge on any atom is 0.317 e. The molecular weight excluding hydrogens is 342 g/mol. The minimum absolute atomic E-state index is 0.0717. The maximum atomic E-state index is 12.4. The van der Waals surface area contributed by atoms with Gasteiger partial charge in [-0.2, -0.15) is 4.73 Å². The molecule has 25 heavy (non-hydrogen) atoms. The molecule has 0 bridgehead atoms. The first kappa shape index (κ1) is 17.7. The van der Waals surface area contributed by atoms with Gasteiger partial charge in [-0.25, -0.2) is 0 Å². The van der Waals surface area contributed by atoms with Crippen LogP contribution in [-0.4, -0.2) is 43.7 Å². The van der Waals surface area contributed by atoms with Crippen LogP contribution in [0, 0.1) is 5.21 Å². The van der Waals surface area contributed by atoms with Crippen molar-refractivity contribution in [2.75, 3.05) is 32.8 Å². The van der Waals surface area contributed by atoms with E-state index in [1.165, 1.54) is 12.3 Å². The van der Waals surface area contributed by atoms with Crippen LogP contribution in [0.3, 0.4) is 0 Å². The van der Waals surface area contributed by atoms with Crippen LogP contribution in [0.1, 0.15) is 22.1 Å². The van der Waals surface area contributed by atoms with Crippen LogP contribution in [0.4, 0.5) is 0 Å². The molecule has 3 rings (SSSR count). The monoisotopic (exact) mass is 361 g/mol. The molecule has 1 aromatic carbocycles. The summed E-state index contributed by atoms with van der Waals surface area (Å²) in [5.41, 5.74) is 1.02. The van der Waals surface area contributed by atoms with Crippen LogP contribution in [0.25, 0.3) is 0 Å². The summed E-state index contributed by atoms with van der Waals surface area (Å²) in [5, 5.41) is 15.3. The van der Waals surface area contributed by atoms with Crippen LogP contribution in [0.2, 0.25) is 5.02 Å². The Morgan fingerprint density at radius 2 is 1.96 bits per heavy atom. The number of carbonyl (C=O) groups is 1. The summed E-state index contributed by atoms with van der Waals surface area (Å²) >= 11 is 6.37. The Balaban J connectivity index is 1.77. The third kappa shape index (κ3) is 4.28. The van der Waals surface area contributed by atoms with Crippen molar-refractivity contribution in [1.82, 2.24) is 10.2 Å². The van der Waals surface area contributed by atoms with E-state index in [9.17, 15) is 10.0 Å². The molecule has 7 heteroatoms. The van der Waals surface area contributed by atoms with Crippen LogP contribution in [-0.2, 0) is 4.74 Å². The van der Waals surface area contributed by atoms with Crippen LogP contribution >= 0.6 is 11.6 Å². The van der Waals surface area contributed by atoms with Gasteiger partial charge in [0.2, 0.25) is 0 Å². The van der Waals surface area contributed by atoms with Crippen molar-refractivity contribution >= 4 is 17.5 Å². The largest absolute Gasteiger partial charge is 0.618 e. The Kier molecular flexibility index (Phi) is 5.86. The number of rotatable bonds is 5. The predicted octanol–water partition coefficient (Wildman–Crippen LogP) is 1.78. The number of halogens is 1. The highest BCUT2D eigenvalue weighted by Gasteiger charge is 2.26. The third-order valence-electron chi connectivity index (χ3n) is 4.26. The highest BCUT2D eigenvalue weighted by Crippen LogP contribution is 2.27. The number of aromatic nitrogens is 1. The molecule has 0 aliphatic carbocycles. The van der Waals surface area contributed by atoms with Gasteiger partial charge in [-0.15, -0.1) is 0 Å². The highest BCUT2D eigenvalue weighted by molar-refractivity contribution is 6.31. The van der Waals surface area contributed by atoms with Crippen LogP contribution < -0.4 is 10.0 Å². The number of ether oxygens (including phenoxy) is 1. The SMILES string of the molecule is O=C(NCC(c1ccccc1Cl)N1CCOCC1)c1cccc[n+]1[O-]. The summed E-state index contributed by atoms with van der Waals surface area (Å²) in [6, 6.07) is 12.3. The van der Waals surface area contributed by atoms with E-state index in [-0.39, 0.29) is 11.7 Å². The summed E-state index contributed by atoms with van der Waals surface area (Å²) in [5.74, 6) is -0.402. The van der Waals surface area contributed by atoms with E-state index in [1.54, 1.807) is 12.1 Å².